The van der Waals surface area contributed by atoms with Crippen LogP contribution in [-0.4, -0.2) is 25.1 Å². The molecule has 1 aromatic heterocycles. The molecule has 2 N–H and O–H groups in total. The predicted octanol–water partition coefficient (Wildman–Crippen LogP) is 3.25. The number of hydrogen-bond acceptors (Lipinski definition) is 3. The molecule has 0 aliphatic rings. The van der Waals surface area contributed by atoms with Gasteiger partial charge in [-0.1, -0.05) is 6.07 Å². The van der Waals surface area contributed by atoms with Gasteiger partial charge in [0.25, 0.3) is 5.91 Å². The fourth-order valence-corrected chi connectivity index (χ4v) is 2.49. The SMILES string of the molecule is COc1ccc(CNC(=O)c2cc3ccc(F)cc3[nH]2)cc1OC. The van der Waals surface area contributed by atoms with E-state index in [1.807, 2.05) is 6.07 Å². The lowest BCUT2D eigenvalue weighted by molar-refractivity contribution is 0.0946. The van der Waals surface area contributed by atoms with E-state index in [2.05, 4.69) is 10.3 Å². The number of fused-ring (bicyclic) bond motifs is 1. The first-order valence-corrected chi connectivity index (χ1v) is 7.38. The molecule has 3 rings (SSSR count). The van der Waals surface area contributed by atoms with E-state index in [0.29, 0.717) is 29.3 Å². The van der Waals surface area contributed by atoms with E-state index < -0.39 is 0 Å². The minimum absolute atomic E-state index is 0.263. The van der Waals surface area contributed by atoms with Gasteiger partial charge in [0.15, 0.2) is 11.5 Å². The average molecular weight is 328 g/mol. The molecule has 0 saturated heterocycles. The molecule has 2 aromatic carbocycles. The fourth-order valence-electron chi connectivity index (χ4n) is 2.49. The van der Waals surface area contributed by atoms with Gasteiger partial charge in [0.1, 0.15) is 11.5 Å². The summed E-state index contributed by atoms with van der Waals surface area (Å²) in [5.74, 6) is 0.624. The second kappa shape index (κ2) is 6.62. The zero-order chi connectivity index (χ0) is 17.1. The van der Waals surface area contributed by atoms with Gasteiger partial charge in [0, 0.05) is 17.4 Å². The van der Waals surface area contributed by atoms with E-state index in [1.165, 1.54) is 12.1 Å². The number of halogens is 1. The zero-order valence-corrected chi connectivity index (χ0v) is 13.4. The molecular weight excluding hydrogens is 311 g/mol. The number of carbonyl (C=O) groups is 1. The third-order valence-electron chi connectivity index (χ3n) is 3.73. The summed E-state index contributed by atoms with van der Waals surface area (Å²) in [4.78, 5) is 15.2. The lowest BCUT2D eigenvalue weighted by atomic mass is 10.2. The monoisotopic (exact) mass is 328 g/mol. The molecule has 0 atom stereocenters. The Morgan fingerprint density at radius 1 is 1.08 bits per heavy atom. The van der Waals surface area contributed by atoms with Gasteiger partial charge in [-0.15, -0.1) is 0 Å². The van der Waals surface area contributed by atoms with Gasteiger partial charge >= 0.3 is 0 Å². The van der Waals surface area contributed by atoms with Crippen LogP contribution in [0.4, 0.5) is 4.39 Å². The highest BCUT2D eigenvalue weighted by Crippen LogP contribution is 2.27. The Bertz CT molecular complexity index is 889. The molecule has 0 spiro atoms. The van der Waals surface area contributed by atoms with Gasteiger partial charge in [-0.05, 0) is 42.0 Å². The molecule has 0 aliphatic heterocycles. The Labute approximate surface area is 138 Å². The van der Waals surface area contributed by atoms with E-state index in [0.717, 1.165) is 10.9 Å². The van der Waals surface area contributed by atoms with E-state index >= 15 is 0 Å². The van der Waals surface area contributed by atoms with Crippen LogP contribution >= 0.6 is 0 Å². The molecule has 0 bridgehead atoms. The molecule has 1 heterocycles. The van der Waals surface area contributed by atoms with E-state index in [-0.39, 0.29) is 11.7 Å². The van der Waals surface area contributed by atoms with Crippen molar-refractivity contribution in [1.82, 2.24) is 10.3 Å². The highest BCUT2D eigenvalue weighted by molar-refractivity contribution is 5.97. The Hall–Kier alpha value is -3.02. The number of aromatic amines is 1. The van der Waals surface area contributed by atoms with Gasteiger partial charge in [-0.2, -0.15) is 0 Å². The maximum Gasteiger partial charge on any atom is 0.267 e. The molecule has 0 aliphatic carbocycles. The summed E-state index contributed by atoms with van der Waals surface area (Å²) < 4.78 is 23.6. The molecule has 0 radical (unpaired) electrons. The number of ether oxygens (including phenoxy) is 2. The predicted molar refractivity (Wildman–Crippen MR) is 89.0 cm³/mol. The number of methoxy groups -OCH3 is 2. The van der Waals surface area contributed by atoms with Crippen molar-refractivity contribution in [1.29, 1.82) is 0 Å². The smallest absolute Gasteiger partial charge is 0.267 e. The molecule has 1 amide bonds. The molecular formula is C18H17FN2O3. The standard InChI is InChI=1S/C18H17FN2O3/c1-23-16-6-3-11(7-17(16)24-2)10-20-18(22)15-8-12-4-5-13(19)9-14(12)21-15/h3-9,21H,10H2,1-2H3,(H,20,22). The number of carbonyl (C=O) groups excluding carboxylic acids is 1. The van der Waals surface area contributed by atoms with Gasteiger partial charge < -0.3 is 19.8 Å². The third-order valence-corrected chi connectivity index (χ3v) is 3.73. The van der Waals surface area contributed by atoms with E-state index in [1.54, 1.807) is 38.5 Å². The molecule has 3 aromatic rings. The van der Waals surface area contributed by atoms with Crippen LogP contribution in [0.1, 0.15) is 16.1 Å². The maximum atomic E-state index is 13.2. The third kappa shape index (κ3) is 3.17. The summed E-state index contributed by atoms with van der Waals surface area (Å²) in [5, 5.41) is 3.60. The number of aromatic nitrogens is 1. The first kappa shape index (κ1) is 15.9. The van der Waals surface area contributed by atoms with Gasteiger partial charge in [-0.25, -0.2) is 4.39 Å². The van der Waals surface area contributed by atoms with Gasteiger partial charge in [0.2, 0.25) is 0 Å². The number of rotatable bonds is 5. The van der Waals surface area contributed by atoms with Gasteiger partial charge in [-0.3, -0.25) is 4.79 Å². The Morgan fingerprint density at radius 3 is 2.62 bits per heavy atom. The highest BCUT2D eigenvalue weighted by Gasteiger charge is 2.11. The molecule has 5 nitrogen and oxygen atoms in total. The number of hydrogen-bond donors (Lipinski definition) is 2. The Kier molecular flexibility index (Phi) is 4.37. The highest BCUT2D eigenvalue weighted by atomic mass is 19.1. The summed E-state index contributed by atoms with van der Waals surface area (Å²) >= 11 is 0. The van der Waals surface area contributed by atoms with Crippen LogP contribution in [0.2, 0.25) is 0 Å². The number of H-pyrrole nitrogens is 1. The average Bonchev–Trinajstić information content (AvgIpc) is 3.02. The maximum absolute atomic E-state index is 13.2. The van der Waals surface area contributed by atoms with Crippen molar-refractivity contribution in [3.63, 3.8) is 0 Å². The van der Waals surface area contributed by atoms with Crippen molar-refractivity contribution in [2.24, 2.45) is 0 Å². The van der Waals surface area contributed by atoms with Crippen LogP contribution in [-0.2, 0) is 6.54 Å². The lowest BCUT2D eigenvalue weighted by Gasteiger charge is -2.10. The molecule has 24 heavy (non-hydrogen) atoms. The van der Waals surface area contributed by atoms with Gasteiger partial charge in [0.05, 0.1) is 14.2 Å². The van der Waals surface area contributed by atoms with Crippen LogP contribution < -0.4 is 14.8 Å². The molecule has 0 unspecified atom stereocenters. The minimum Gasteiger partial charge on any atom is -0.493 e. The summed E-state index contributed by atoms with van der Waals surface area (Å²) in [6.45, 7) is 0.336. The van der Waals surface area contributed by atoms with Crippen LogP contribution in [0.3, 0.4) is 0 Å². The zero-order valence-electron chi connectivity index (χ0n) is 13.4. The quantitative estimate of drug-likeness (QED) is 0.756. The van der Waals surface area contributed by atoms with Crippen LogP contribution in [0.5, 0.6) is 11.5 Å². The van der Waals surface area contributed by atoms with Crippen molar-refractivity contribution in [2.45, 2.75) is 6.54 Å². The first-order chi connectivity index (χ1) is 11.6. The molecule has 0 fully saturated rings. The van der Waals surface area contributed by atoms with E-state index in [9.17, 15) is 9.18 Å². The molecule has 0 saturated carbocycles. The first-order valence-electron chi connectivity index (χ1n) is 7.38. The fraction of sp³-hybridized carbons (Fsp3) is 0.167. The van der Waals surface area contributed by atoms with Crippen molar-refractivity contribution >= 4 is 16.8 Å². The minimum atomic E-state index is -0.346. The number of nitrogens with one attached hydrogen (secondary N) is 2. The summed E-state index contributed by atoms with van der Waals surface area (Å²) in [6.07, 6.45) is 0. The van der Waals surface area contributed by atoms with Crippen molar-refractivity contribution in [2.75, 3.05) is 14.2 Å². The lowest BCUT2D eigenvalue weighted by Crippen LogP contribution is -2.23. The molecule has 124 valence electrons. The van der Waals surface area contributed by atoms with Crippen molar-refractivity contribution < 1.29 is 18.7 Å². The Morgan fingerprint density at radius 2 is 1.88 bits per heavy atom. The topological polar surface area (TPSA) is 63.3 Å². The summed E-state index contributed by atoms with van der Waals surface area (Å²) in [6, 6.07) is 11.5. The second-order valence-corrected chi connectivity index (χ2v) is 5.29. The summed E-state index contributed by atoms with van der Waals surface area (Å²) in [5.41, 5.74) is 1.85. The van der Waals surface area contributed by atoms with Crippen LogP contribution in [0.15, 0.2) is 42.5 Å². The van der Waals surface area contributed by atoms with Crippen LogP contribution in [0.25, 0.3) is 10.9 Å². The van der Waals surface area contributed by atoms with Crippen LogP contribution in [0, 0.1) is 5.82 Å². The van der Waals surface area contributed by atoms with E-state index in [4.69, 9.17) is 9.47 Å². The summed E-state index contributed by atoms with van der Waals surface area (Å²) in [7, 11) is 3.13. The number of amides is 1. The second-order valence-electron chi connectivity index (χ2n) is 5.29. The molecule has 6 heteroatoms. The van der Waals surface area contributed by atoms with Crippen molar-refractivity contribution in [3.05, 3.63) is 59.5 Å². The normalized spacial score (nSPS) is 10.6. The Balaban J connectivity index is 1.72. The van der Waals surface area contributed by atoms with Crippen molar-refractivity contribution in [3.8, 4) is 11.5 Å². The number of benzene rings is 2. The largest absolute Gasteiger partial charge is 0.493 e.